The van der Waals surface area contributed by atoms with E-state index < -0.39 is 24.7 Å². The molecular formula is C29H29F3N4O6. The minimum atomic E-state index is -4.84. The van der Waals surface area contributed by atoms with Crippen LogP contribution in [0, 0.1) is 0 Å². The summed E-state index contributed by atoms with van der Waals surface area (Å²) in [5.41, 5.74) is 1.59. The van der Waals surface area contributed by atoms with Crippen LogP contribution >= 0.6 is 0 Å². The Kier molecular flexibility index (Phi) is 7.52. The molecule has 2 atom stereocenters. The summed E-state index contributed by atoms with van der Waals surface area (Å²) >= 11 is 0. The minimum Gasteiger partial charge on any atom is -0.481 e. The highest BCUT2D eigenvalue weighted by molar-refractivity contribution is 6.01. The molecule has 2 aliphatic heterocycles. The molecule has 1 aromatic carbocycles. The zero-order chi connectivity index (χ0) is 29.4. The molecule has 222 valence electrons. The number of carboxylic acids is 1. The fourth-order valence-electron chi connectivity index (χ4n) is 6.01. The second-order valence-corrected chi connectivity index (χ2v) is 10.9. The number of pyridine rings is 1. The Morgan fingerprint density at radius 1 is 1.07 bits per heavy atom. The quantitative estimate of drug-likeness (QED) is 0.290. The van der Waals surface area contributed by atoms with Crippen LogP contribution in [-0.4, -0.2) is 51.7 Å². The third-order valence-corrected chi connectivity index (χ3v) is 7.90. The number of rotatable bonds is 10. The molecule has 6 rings (SSSR count). The number of nitrogens with one attached hydrogen (secondary N) is 1. The second kappa shape index (κ2) is 11.3. The molecule has 1 amide bonds. The van der Waals surface area contributed by atoms with Crippen LogP contribution in [0.25, 0.3) is 11.3 Å². The number of aromatic nitrogens is 2. The summed E-state index contributed by atoms with van der Waals surface area (Å²) < 4.78 is 55.6. The van der Waals surface area contributed by atoms with Gasteiger partial charge < -0.3 is 29.3 Å². The number of piperidine rings is 1. The number of benzene rings is 1. The third kappa shape index (κ3) is 6.20. The molecule has 3 aromatic rings. The van der Waals surface area contributed by atoms with Crippen molar-refractivity contribution in [3.8, 4) is 17.0 Å². The van der Waals surface area contributed by atoms with E-state index in [1.165, 1.54) is 24.4 Å². The topological polar surface area (TPSA) is 127 Å². The fraction of sp³-hybridized carbons (Fsp3) is 0.448. The molecule has 10 nitrogen and oxygen atoms in total. The third-order valence-electron chi connectivity index (χ3n) is 7.90. The lowest BCUT2D eigenvalue weighted by molar-refractivity contribution is -0.274. The minimum absolute atomic E-state index is 0.0650. The maximum absolute atomic E-state index is 13.1. The number of alkyl halides is 3. The highest BCUT2D eigenvalue weighted by atomic mass is 19.4. The number of halogens is 3. The molecule has 2 bridgehead atoms. The lowest BCUT2D eigenvalue weighted by Crippen LogP contribution is -2.46. The standard InChI is InChI=1S/C29H29F3N4O6/c30-29(31,32)41-23-4-2-1-3-21(23)27-22(28(42-35-27)16-5-6-16)15-40-20-11-18-8-9-19(12-20)36(18)24-10-7-17(14-33-24)34-25(37)13-26(38)39/h1-4,7,10,14,16,18-20H,5-6,8-9,11-13,15H2,(H,34,37)(H,38,39). The van der Waals surface area contributed by atoms with E-state index in [0.717, 1.165) is 44.3 Å². The molecule has 2 aromatic heterocycles. The van der Waals surface area contributed by atoms with E-state index in [2.05, 4.69) is 25.1 Å². The van der Waals surface area contributed by atoms with Gasteiger partial charge in [-0.3, -0.25) is 9.59 Å². The van der Waals surface area contributed by atoms with Crippen LogP contribution < -0.4 is 15.0 Å². The van der Waals surface area contributed by atoms with Crippen LogP contribution in [0.3, 0.4) is 0 Å². The van der Waals surface area contributed by atoms with Crippen molar-refractivity contribution in [2.45, 2.75) is 82.0 Å². The van der Waals surface area contributed by atoms with Gasteiger partial charge in [0, 0.05) is 29.1 Å². The first kappa shape index (κ1) is 28.0. The molecule has 42 heavy (non-hydrogen) atoms. The highest BCUT2D eigenvalue weighted by Crippen LogP contribution is 2.46. The van der Waals surface area contributed by atoms with E-state index in [1.54, 1.807) is 12.1 Å². The maximum Gasteiger partial charge on any atom is 0.573 e. The number of carbonyl (C=O) groups excluding carboxylic acids is 1. The van der Waals surface area contributed by atoms with Crippen molar-refractivity contribution in [3.63, 3.8) is 0 Å². The molecule has 2 saturated heterocycles. The van der Waals surface area contributed by atoms with Crippen molar-refractivity contribution < 1.29 is 41.9 Å². The lowest BCUT2D eigenvalue weighted by Gasteiger charge is -2.39. The number of carbonyl (C=O) groups is 2. The van der Waals surface area contributed by atoms with Gasteiger partial charge in [-0.05, 0) is 62.8 Å². The molecule has 0 radical (unpaired) electrons. The van der Waals surface area contributed by atoms with E-state index in [0.29, 0.717) is 22.7 Å². The summed E-state index contributed by atoms with van der Waals surface area (Å²) in [5.74, 6) is -0.548. The van der Waals surface area contributed by atoms with Gasteiger partial charge in [-0.1, -0.05) is 17.3 Å². The number of carboxylic acid groups (broad SMARTS) is 1. The van der Waals surface area contributed by atoms with Crippen LogP contribution in [0.1, 0.15) is 62.2 Å². The summed E-state index contributed by atoms with van der Waals surface area (Å²) in [7, 11) is 0. The summed E-state index contributed by atoms with van der Waals surface area (Å²) in [5, 5.41) is 15.5. The molecule has 0 spiro atoms. The highest BCUT2D eigenvalue weighted by Gasteiger charge is 2.42. The van der Waals surface area contributed by atoms with E-state index in [1.807, 2.05) is 6.07 Å². The van der Waals surface area contributed by atoms with E-state index in [4.69, 9.17) is 14.4 Å². The smallest absolute Gasteiger partial charge is 0.481 e. The number of para-hydroxylation sites is 1. The number of fused-ring (bicyclic) bond motifs is 2. The van der Waals surface area contributed by atoms with Gasteiger partial charge in [-0.15, -0.1) is 13.2 Å². The Morgan fingerprint density at radius 2 is 1.81 bits per heavy atom. The van der Waals surface area contributed by atoms with Gasteiger partial charge in [0.15, 0.2) is 0 Å². The summed E-state index contributed by atoms with van der Waals surface area (Å²) in [4.78, 5) is 29.2. The van der Waals surface area contributed by atoms with Gasteiger partial charge in [0.05, 0.1) is 24.6 Å². The molecule has 1 saturated carbocycles. The average Bonchev–Trinajstić information content (AvgIpc) is 3.63. The van der Waals surface area contributed by atoms with Gasteiger partial charge in [0.2, 0.25) is 5.91 Å². The zero-order valence-electron chi connectivity index (χ0n) is 22.5. The van der Waals surface area contributed by atoms with Crippen LogP contribution in [0.5, 0.6) is 5.75 Å². The summed E-state index contributed by atoms with van der Waals surface area (Å²) in [6, 6.07) is 9.81. The van der Waals surface area contributed by atoms with E-state index >= 15 is 0 Å². The van der Waals surface area contributed by atoms with Crippen molar-refractivity contribution in [2.75, 3.05) is 10.2 Å². The molecule has 2 N–H and O–H groups in total. The number of ether oxygens (including phenoxy) is 2. The molecular weight excluding hydrogens is 557 g/mol. The number of nitrogens with zero attached hydrogens (tertiary/aromatic N) is 3. The van der Waals surface area contributed by atoms with Gasteiger partial charge >= 0.3 is 12.3 Å². The van der Waals surface area contributed by atoms with Crippen molar-refractivity contribution in [1.82, 2.24) is 10.1 Å². The number of anilines is 2. The van der Waals surface area contributed by atoms with Crippen molar-refractivity contribution in [2.24, 2.45) is 0 Å². The van der Waals surface area contributed by atoms with Gasteiger partial charge in [-0.2, -0.15) is 0 Å². The SMILES string of the molecule is O=C(O)CC(=O)Nc1ccc(N2C3CCC2CC(OCc2c(-c4ccccc4OC(F)(F)F)noc2C2CC2)C3)nc1. The molecule has 2 unspecified atom stereocenters. The maximum atomic E-state index is 13.1. The van der Waals surface area contributed by atoms with Crippen LogP contribution in [0.4, 0.5) is 24.7 Å². The summed E-state index contributed by atoms with van der Waals surface area (Å²) in [6.45, 7) is 0.165. The van der Waals surface area contributed by atoms with Crippen molar-refractivity contribution in [1.29, 1.82) is 0 Å². The molecule has 4 heterocycles. The molecule has 3 aliphatic rings. The van der Waals surface area contributed by atoms with Crippen LogP contribution in [0.2, 0.25) is 0 Å². The van der Waals surface area contributed by atoms with Gasteiger partial charge in [0.25, 0.3) is 0 Å². The molecule has 1 aliphatic carbocycles. The second-order valence-electron chi connectivity index (χ2n) is 10.9. The molecule has 3 fully saturated rings. The zero-order valence-corrected chi connectivity index (χ0v) is 22.5. The van der Waals surface area contributed by atoms with Crippen molar-refractivity contribution in [3.05, 3.63) is 53.9 Å². The van der Waals surface area contributed by atoms with Crippen LogP contribution in [0.15, 0.2) is 47.1 Å². The van der Waals surface area contributed by atoms with Crippen molar-refractivity contribution >= 4 is 23.4 Å². The Labute approximate surface area is 238 Å². The Morgan fingerprint density at radius 3 is 2.45 bits per heavy atom. The first-order valence-corrected chi connectivity index (χ1v) is 13.9. The number of amides is 1. The van der Waals surface area contributed by atoms with E-state index in [9.17, 15) is 22.8 Å². The van der Waals surface area contributed by atoms with E-state index in [-0.39, 0.29) is 42.0 Å². The monoisotopic (exact) mass is 586 g/mol. The Bertz CT molecular complexity index is 1440. The number of hydrogen-bond donors (Lipinski definition) is 2. The normalized spacial score (nSPS) is 21.8. The fourth-order valence-corrected chi connectivity index (χ4v) is 6.01. The first-order valence-electron chi connectivity index (χ1n) is 13.9. The number of aliphatic carboxylic acids is 1. The largest absolute Gasteiger partial charge is 0.573 e. The Balaban J connectivity index is 1.14. The predicted octanol–water partition coefficient (Wildman–Crippen LogP) is 5.64. The average molecular weight is 587 g/mol. The lowest BCUT2D eigenvalue weighted by atomic mass is 9.99. The number of hydrogen-bond acceptors (Lipinski definition) is 8. The predicted molar refractivity (Wildman–Crippen MR) is 143 cm³/mol. The van der Waals surface area contributed by atoms with Crippen LogP contribution in [-0.2, 0) is 20.9 Å². The summed E-state index contributed by atoms with van der Waals surface area (Å²) in [6.07, 6.45) is 1.30. The first-order chi connectivity index (χ1) is 20.1. The molecule has 13 heteroatoms. The Hall–Kier alpha value is -4.13. The van der Waals surface area contributed by atoms with Gasteiger partial charge in [-0.25, -0.2) is 4.98 Å². The van der Waals surface area contributed by atoms with Gasteiger partial charge in [0.1, 0.15) is 29.4 Å².